The molecule has 0 radical (unpaired) electrons. The van der Waals surface area contributed by atoms with Gasteiger partial charge in [0.25, 0.3) is 0 Å². The minimum atomic E-state index is -0.551. The monoisotopic (exact) mass is 313 g/mol. The van der Waals surface area contributed by atoms with E-state index < -0.39 is 5.97 Å². The molecule has 3 aromatic rings. The van der Waals surface area contributed by atoms with Crippen LogP contribution in [0.5, 0.6) is 0 Å². The number of ether oxygens (including phenoxy) is 1. The molecule has 0 saturated carbocycles. The van der Waals surface area contributed by atoms with E-state index in [-0.39, 0.29) is 12.4 Å². The van der Waals surface area contributed by atoms with Crippen molar-refractivity contribution in [3.63, 3.8) is 0 Å². The summed E-state index contributed by atoms with van der Waals surface area (Å²) in [6.07, 6.45) is 1.63. The number of hydrogen-bond donors (Lipinski definition) is 1. The van der Waals surface area contributed by atoms with Gasteiger partial charge in [0.1, 0.15) is 0 Å². The topological polar surface area (TPSA) is 59.2 Å². The highest BCUT2D eigenvalue weighted by Gasteiger charge is 2.15. The molecule has 0 fully saturated rings. The van der Waals surface area contributed by atoms with E-state index in [0.29, 0.717) is 16.1 Å². The van der Waals surface area contributed by atoms with E-state index in [1.54, 1.807) is 30.5 Å². The van der Waals surface area contributed by atoms with Gasteiger partial charge < -0.3 is 9.72 Å². The normalized spacial score (nSPS) is 10.6. The van der Waals surface area contributed by atoms with Crippen LogP contribution in [-0.2, 0) is 4.74 Å². The third-order valence-electron chi connectivity index (χ3n) is 3.30. The average molecular weight is 314 g/mol. The summed E-state index contributed by atoms with van der Waals surface area (Å²) >= 11 is 5.76. The molecular formula is C17H12ClNO3. The van der Waals surface area contributed by atoms with E-state index in [9.17, 15) is 9.59 Å². The van der Waals surface area contributed by atoms with Crippen LogP contribution in [0.2, 0.25) is 5.02 Å². The maximum atomic E-state index is 12.2. The number of hydrogen-bond acceptors (Lipinski definition) is 3. The molecule has 2 aromatic carbocycles. The third kappa shape index (κ3) is 2.87. The summed E-state index contributed by atoms with van der Waals surface area (Å²) in [6, 6.07) is 13.8. The Hall–Kier alpha value is -2.59. The second-order valence-corrected chi connectivity index (χ2v) is 5.19. The number of para-hydroxylation sites is 1. The molecule has 0 spiro atoms. The van der Waals surface area contributed by atoms with Gasteiger partial charge in [-0.15, -0.1) is 0 Å². The lowest BCUT2D eigenvalue weighted by atomic mass is 10.1. The number of Topliss-reactive ketones (excluding diaryl/α,β-unsaturated/α-hetero) is 1. The number of nitrogens with one attached hydrogen (secondary N) is 1. The fourth-order valence-corrected chi connectivity index (χ4v) is 2.31. The highest BCUT2D eigenvalue weighted by Crippen LogP contribution is 2.18. The zero-order chi connectivity index (χ0) is 15.5. The summed E-state index contributed by atoms with van der Waals surface area (Å²) in [4.78, 5) is 27.1. The van der Waals surface area contributed by atoms with Crippen LogP contribution in [0.1, 0.15) is 20.7 Å². The SMILES string of the molecule is O=C(OCC(=O)c1c[nH]c2ccccc12)c1ccc(Cl)cc1. The van der Waals surface area contributed by atoms with Crippen LogP contribution in [0.4, 0.5) is 0 Å². The Labute approximate surface area is 131 Å². The minimum Gasteiger partial charge on any atom is -0.454 e. The summed E-state index contributed by atoms with van der Waals surface area (Å²) in [7, 11) is 0. The van der Waals surface area contributed by atoms with Gasteiger partial charge in [-0.1, -0.05) is 29.8 Å². The summed E-state index contributed by atoms with van der Waals surface area (Å²) in [6.45, 7) is -0.302. The van der Waals surface area contributed by atoms with Gasteiger partial charge in [-0.25, -0.2) is 4.79 Å². The number of H-pyrrole nitrogens is 1. The van der Waals surface area contributed by atoms with Gasteiger partial charge >= 0.3 is 5.97 Å². The van der Waals surface area contributed by atoms with Crippen molar-refractivity contribution in [2.75, 3.05) is 6.61 Å². The first-order valence-electron chi connectivity index (χ1n) is 6.67. The Morgan fingerprint density at radius 1 is 1.05 bits per heavy atom. The van der Waals surface area contributed by atoms with Crippen LogP contribution in [0.3, 0.4) is 0 Å². The number of halogens is 1. The van der Waals surface area contributed by atoms with Crippen molar-refractivity contribution in [1.29, 1.82) is 0 Å². The average Bonchev–Trinajstić information content (AvgIpc) is 2.97. The molecule has 4 nitrogen and oxygen atoms in total. The first-order valence-corrected chi connectivity index (χ1v) is 7.05. The van der Waals surface area contributed by atoms with E-state index in [4.69, 9.17) is 16.3 Å². The molecule has 22 heavy (non-hydrogen) atoms. The van der Waals surface area contributed by atoms with E-state index in [0.717, 1.165) is 10.9 Å². The molecule has 1 N–H and O–H groups in total. The number of fused-ring (bicyclic) bond motifs is 1. The Morgan fingerprint density at radius 2 is 1.77 bits per heavy atom. The second kappa shape index (κ2) is 6.03. The van der Waals surface area contributed by atoms with Crippen molar-refractivity contribution in [3.05, 3.63) is 70.9 Å². The molecule has 5 heteroatoms. The van der Waals surface area contributed by atoms with Crippen LogP contribution in [0, 0.1) is 0 Å². The standard InChI is InChI=1S/C17H12ClNO3/c18-12-7-5-11(6-8-12)17(21)22-10-16(20)14-9-19-15-4-2-1-3-13(14)15/h1-9,19H,10H2. The Kier molecular flexibility index (Phi) is 3.94. The van der Waals surface area contributed by atoms with Gasteiger partial charge in [0.05, 0.1) is 5.56 Å². The number of ketones is 1. The molecule has 0 aliphatic heterocycles. The highest BCUT2D eigenvalue weighted by molar-refractivity contribution is 6.30. The van der Waals surface area contributed by atoms with Crippen LogP contribution in [0.25, 0.3) is 10.9 Å². The Balaban J connectivity index is 1.70. The van der Waals surface area contributed by atoms with Gasteiger partial charge in [-0.2, -0.15) is 0 Å². The number of rotatable bonds is 4. The number of esters is 1. The largest absolute Gasteiger partial charge is 0.454 e. The first kappa shape index (κ1) is 14.4. The number of aromatic amines is 1. The highest BCUT2D eigenvalue weighted by atomic mass is 35.5. The van der Waals surface area contributed by atoms with Crippen LogP contribution >= 0.6 is 11.6 Å². The summed E-state index contributed by atoms with van der Waals surface area (Å²) in [5.41, 5.74) is 1.74. The fraction of sp³-hybridized carbons (Fsp3) is 0.0588. The molecule has 0 bridgehead atoms. The van der Waals surface area contributed by atoms with Crippen molar-refractivity contribution in [3.8, 4) is 0 Å². The second-order valence-electron chi connectivity index (χ2n) is 4.75. The Morgan fingerprint density at radius 3 is 2.55 bits per heavy atom. The third-order valence-corrected chi connectivity index (χ3v) is 3.56. The minimum absolute atomic E-state index is 0.250. The lowest BCUT2D eigenvalue weighted by Gasteiger charge is -2.04. The maximum Gasteiger partial charge on any atom is 0.338 e. The molecule has 0 unspecified atom stereocenters. The molecule has 0 atom stereocenters. The van der Waals surface area contributed by atoms with Crippen molar-refractivity contribution in [1.82, 2.24) is 4.98 Å². The number of carbonyl (C=O) groups is 2. The number of carbonyl (C=O) groups excluding carboxylic acids is 2. The molecule has 0 amide bonds. The van der Waals surface area contributed by atoms with Crippen LogP contribution in [-0.4, -0.2) is 23.3 Å². The van der Waals surface area contributed by atoms with Crippen LogP contribution < -0.4 is 0 Å². The lowest BCUT2D eigenvalue weighted by Crippen LogP contribution is -2.14. The summed E-state index contributed by atoms with van der Waals surface area (Å²) in [5, 5.41) is 1.35. The summed E-state index contributed by atoms with van der Waals surface area (Å²) < 4.78 is 5.06. The predicted molar refractivity (Wildman–Crippen MR) is 84.4 cm³/mol. The molecule has 1 aromatic heterocycles. The maximum absolute atomic E-state index is 12.2. The van der Waals surface area contributed by atoms with Crippen molar-refractivity contribution in [2.24, 2.45) is 0 Å². The van der Waals surface area contributed by atoms with Gasteiger partial charge in [-0.05, 0) is 30.3 Å². The zero-order valence-corrected chi connectivity index (χ0v) is 12.3. The first-order chi connectivity index (χ1) is 10.6. The van der Waals surface area contributed by atoms with E-state index in [2.05, 4.69) is 4.98 Å². The molecule has 3 rings (SSSR count). The quantitative estimate of drug-likeness (QED) is 0.587. The molecule has 110 valence electrons. The number of benzene rings is 2. The number of aromatic nitrogens is 1. The van der Waals surface area contributed by atoms with Crippen molar-refractivity contribution in [2.45, 2.75) is 0 Å². The molecule has 0 saturated heterocycles. The molecular weight excluding hydrogens is 302 g/mol. The van der Waals surface area contributed by atoms with Gasteiger partial charge in [0.2, 0.25) is 5.78 Å². The smallest absolute Gasteiger partial charge is 0.338 e. The van der Waals surface area contributed by atoms with E-state index in [1.165, 1.54) is 0 Å². The van der Waals surface area contributed by atoms with E-state index in [1.807, 2.05) is 24.3 Å². The van der Waals surface area contributed by atoms with Crippen molar-refractivity contribution < 1.29 is 14.3 Å². The van der Waals surface area contributed by atoms with E-state index >= 15 is 0 Å². The summed E-state index contributed by atoms with van der Waals surface area (Å²) in [5.74, 6) is -0.801. The predicted octanol–water partition coefficient (Wildman–Crippen LogP) is 3.86. The van der Waals surface area contributed by atoms with Gasteiger partial charge in [-0.3, -0.25) is 4.79 Å². The molecule has 1 heterocycles. The van der Waals surface area contributed by atoms with Crippen LogP contribution in [0.15, 0.2) is 54.7 Å². The Bertz CT molecular complexity index is 836. The molecule has 0 aliphatic rings. The fourth-order valence-electron chi connectivity index (χ4n) is 2.18. The van der Waals surface area contributed by atoms with Gasteiger partial charge in [0, 0.05) is 27.7 Å². The van der Waals surface area contributed by atoms with Gasteiger partial charge in [0.15, 0.2) is 6.61 Å². The zero-order valence-electron chi connectivity index (χ0n) is 11.5. The molecule has 0 aliphatic carbocycles. The lowest BCUT2D eigenvalue weighted by molar-refractivity contribution is 0.0475. The van der Waals surface area contributed by atoms with Crippen molar-refractivity contribution >= 4 is 34.3 Å².